The van der Waals surface area contributed by atoms with Crippen molar-refractivity contribution in [3.8, 4) is 16.9 Å². The minimum absolute atomic E-state index is 0.0229. The zero-order chi connectivity index (χ0) is 30.5. The van der Waals surface area contributed by atoms with Crippen molar-refractivity contribution in [1.29, 1.82) is 0 Å². The lowest BCUT2D eigenvalue weighted by Gasteiger charge is -2.20. The second-order valence-electron chi connectivity index (χ2n) is 8.65. The number of alkyl halides is 3. The Bertz CT molecular complexity index is 1480. The third-order valence-electron chi connectivity index (χ3n) is 5.93. The number of halogens is 6. The van der Waals surface area contributed by atoms with E-state index in [2.05, 4.69) is 26.6 Å². The summed E-state index contributed by atoms with van der Waals surface area (Å²) < 4.78 is 76.3. The number of amides is 2. The van der Waals surface area contributed by atoms with E-state index >= 15 is 4.39 Å². The second kappa shape index (κ2) is 13.1. The summed E-state index contributed by atoms with van der Waals surface area (Å²) in [6.45, 7) is 2.89. The number of carbonyl (C=O) groups excluding carboxylic acids is 2. The summed E-state index contributed by atoms with van der Waals surface area (Å²) in [5.74, 6) is -7.11. The van der Waals surface area contributed by atoms with Gasteiger partial charge in [-0.25, -0.2) is 8.78 Å². The predicted octanol–water partition coefficient (Wildman–Crippen LogP) is 6.16. The number of hydrogen-bond donors (Lipinski definition) is 3. The van der Waals surface area contributed by atoms with Crippen LogP contribution in [0.15, 0.2) is 53.0 Å². The Morgan fingerprint density at radius 3 is 2.10 bits per heavy atom. The van der Waals surface area contributed by atoms with Gasteiger partial charge in [0.05, 0.1) is 16.7 Å². The average Bonchev–Trinajstić information content (AvgIpc) is 2.89. The van der Waals surface area contributed by atoms with Crippen molar-refractivity contribution in [2.75, 3.05) is 19.7 Å². The SMILES string of the molecule is CCNC(=O)c1ccc(-c2cc(C(F)(F)F)ccc2OC[C@@H](C(=O)O)c2c(Br)ccc(C(=O)NCC)c2F)cc1F. The van der Waals surface area contributed by atoms with Gasteiger partial charge in [-0.1, -0.05) is 22.0 Å². The lowest BCUT2D eigenvalue weighted by Crippen LogP contribution is -2.26. The summed E-state index contributed by atoms with van der Waals surface area (Å²) >= 11 is 3.09. The van der Waals surface area contributed by atoms with Crippen LogP contribution in [0, 0.1) is 11.6 Å². The Balaban J connectivity index is 2.06. The lowest BCUT2D eigenvalue weighted by atomic mass is 9.96. The number of nitrogens with one attached hydrogen (secondary N) is 2. The van der Waals surface area contributed by atoms with Gasteiger partial charge in [0.15, 0.2) is 0 Å². The van der Waals surface area contributed by atoms with Gasteiger partial charge < -0.3 is 20.5 Å². The maximum absolute atomic E-state index is 15.4. The zero-order valence-corrected chi connectivity index (χ0v) is 23.3. The summed E-state index contributed by atoms with van der Waals surface area (Å²) in [4.78, 5) is 36.5. The summed E-state index contributed by atoms with van der Waals surface area (Å²) in [6, 6.07) is 7.95. The van der Waals surface area contributed by atoms with Crippen molar-refractivity contribution < 1.29 is 46.2 Å². The van der Waals surface area contributed by atoms with Gasteiger partial charge in [0.1, 0.15) is 29.9 Å². The molecule has 0 aliphatic rings. The number of aliphatic carboxylic acids is 1. The number of carbonyl (C=O) groups is 3. The van der Waals surface area contributed by atoms with E-state index < -0.39 is 64.8 Å². The summed E-state index contributed by atoms with van der Waals surface area (Å²) in [5, 5.41) is 14.7. The van der Waals surface area contributed by atoms with Gasteiger partial charge in [0.25, 0.3) is 11.8 Å². The number of benzene rings is 3. The zero-order valence-electron chi connectivity index (χ0n) is 21.7. The van der Waals surface area contributed by atoms with Crippen molar-refractivity contribution in [3.05, 3.63) is 86.9 Å². The number of ether oxygens (including phenoxy) is 1. The molecule has 0 saturated carbocycles. The van der Waals surface area contributed by atoms with Crippen LogP contribution < -0.4 is 15.4 Å². The third kappa shape index (κ3) is 7.20. The van der Waals surface area contributed by atoms with E-state index in [1.54, 1.807) is 13.8 Å². The van der Waals surface area contributed by atoms with Gasteiger partial charge in [-0.05, 0) is 61.9 Å². The molecule has 41 heavy (non-hydrogen) atoms. The molecule has 0 radical (unpaired) electrons. The molecule has 0 saturated heterocycles. The summed E-state index contributed by atoms with van der Waals surface area (Å²) in [6.07, 6.45) is -4.77. The van der Waals surface area contributed by atoms with E-state index in [1.165, 1.54) is 18.2 Å². The van der Waals surface area contributed by atoms with Gasteiger partial charge in [-0.15, -0.1) is 0 Å². The van der Waals surface area contributed by atoms with Gasteiger partial charge in [0, 0.05) is 28.7 Å². The quantitative estimate of drug-likeness (QED) is 0.230. The minimum Gasteiger partial charge on any atom is -0.492 e. The van der Waals surface area contributed by atoms with Gasteiger partial charge >= 0.3 is 12.1 Å². The molecule has 3 N–H and O–H groups in total. The van der Waals surface area contributed by atoms with Crippen molar-refractivity contribution >= 4 is 33.7 Å². The first-order chi connectivity index (χ1) is 19.3. The van der Waals surface area contributed by atoms with Crippen LogP contribution in [0.25, 0.3) is 11.1 Å². The van der Waals surface area contributed by atoms with E-state index in [-0.39, 0.29) is 40.0 Å². The highest BCUT2D eigenvalue weighted by atomic mass is 79.9. The molecular formula is C28H24BrF5N2O5. The first-order valence-electron chi connectivity index (χ1n) is 12.2. The van der Waals surface area contributed by atoms with Crippen LogP contribution in [0.2, 0.25) is 0 Å². The first kappa shape index (κ1) is 31.5. The molecule has 0 heterocycles. The molecule has 218 valence electrons. The van der Waals surface area contributed by atoms with Crippen LogP contribution in [-0.2, 0) is 11.0 Å². The molecule has 0 aliphatic heterocycles. The van der Waals surface area contributed by atoms with Crippen LogP contribution in [-0.4, -0.2) is 42.6 Å². The monoisotopic (exact) mass is 642 g/mol. The second-order valence-corrected chi connectivity index (χ2v) is 9.50. The largest absolute Gasteiger partial charge is 0.492 e. The van der Waals surface area contributed by atoms with E-state index in [1.807, 2.05) is 0 Å². The van der Waals surface area contributed by atoms with E-state index in [0.29, 0.717) is 12.1 Å². The van der Waals surface area contributed by atoms with Gasteiger partial charge in [0.2, 0.25) is 0 Å². The minimum atomic E-state index is -4.77. The van der Waals surface area contributed by atoms with Crippen molar-refractivity contribution in [1.82, 2.24) is 10.6 Å². The Hall–Kier alpha value is -4.00. The lowest BCUT2D eigenvalue weighted by molar-refractivity contribution is -0.139. The fourth-order valence-electron chi connectivity index (χ4n) is 3.95. The predicted molar refractivity (Wildman–Crippen MR) is 143 cm³/mol. The Labute approximate surface area is 239 Å². The van der Waals surface area contributed by atoms with E-state index in [9.17, 15) is 37.1 Å². The van der Waals surface area contributed by atoms with Crippen LogP contribution >= 0.6 is 15.9 Å². The van der Waals surface area contributed by atoms with E-state index in [4.69, 9.17) is 4.74 Å². The molecule has 3 aromatic rings. The van der Waals surface area contributed by atoms with Crippen molar-refractivity contribution in [2.24, 2.45) is 0 Å². The molecule has 0 aliphatic carbocycles. The maximum atomic E-state index is 15.4. The number of hydrogen-bond acceptors (Lipinski definition) is 4. The molecule has 13 heteroatoms. The molecular weight excluding hydrogens is 619 g/mol. The van der Waals surface area contributed by atoms with Crippen LogP contribution in [0.1, 0.15) is 51.6 Å². The van der Waals surface area contributed by atoms with Gasteiger partial charge in [-0.3, -0.25) is 14.4 Å². The van der Waals surface area contributed by atoms with Crippen LogP contribution in [0.5, 0.6) is 5.75 Å². The number of rotatable bonds is 10. The molecule has 0 fully saturated rings. The maximum Gasteiger partial charge on any atom is 0.416 e. The highest BCUT2D eigenvalue weighted by molar-refractivity contribution is 9.10. The summed E-state index contributed by atoms with van der Waals surface area (Å²) in [7, 11) is 0. The molecule has 3 aromatic carbocycles. The average molecular weight is 643 g/mol. The fourth-order valence-corrected chi connectivity index (χ4v) is 4.53. The fraction of sp³-hybridized carbons (Fsp3) is 0.250. The Morgan fingerprint density at radius 1 is 0.927 bits per heavy atom. The highest BCUT2D eigenvalue weighted by Gasteiger charge is 2.33. The van der Waals surface area contributed by atoms with Crippen molar-refractivity contribution in [3.63, 3.8) is 0 Å². The normalized spacial score (nSPS) is 12.0. The van der Waals surface area contributed by atoms with Crippen molar-refractivity contribution in [2.45, 2.75) is 25.9 Å². The standard InChI is InChI=1S/C28H24BrF5N2O5/c1-3-35-25(37)16-7-5-14(11-21(16)30)18-12-15(28(32,33)34)6-10-22(18)41-13-19(27(39)40)23-20(29)9-8-17(24(23)31)26(38)36-4-2/h5-12,19H,3-4,13H2,1-2H3,(H,35,37)(H,36,38)(H,39,40)/t19-/m1/s1. The van der Waals surface area contributed by atoms with Crippen LogP contribution in [0.4, 0.5) is 22.0 Å². The van der Waals surface area contributed by atoms with E-state index in [0.717, 1.165) is 18.2 Å². The molecule has 3 rings (SSSR count). The molecule has 0 aromatic heterocycles. The Morgan fingerprint density at radius 2 is 1.54 bits per heavy atom. The molecule has 1 atom stereocenters. The summed E-state index contributed by atoms with van der Waals surface area (Å²) in [5.41, 5.74) is -2.58. The molecule has 2 amide bonds. The topological polar surface area (TPSA) is 105 Å². The first-order valence-corrected chi connectivity index (χ1v) is 13.0. The van der Waals surface area contributed by atoms with Crippen LogP contribution in [0.3, 0.4) is 0 Å². The highest BCUT2D eigenvalue weighted by Crippen LogP contribution is 2.39. The molecule has 0 unspecified atom stereocenters. The smallest absolute Gasteiger partial charge is 0.416 e. The molecule has 0 bridgehead atoms. The Kier molecular flexibility index (Phi) is 10.1. The number of carboxylic acid groups (broad SMARTS) is 1. The third-order valence-corrected chi connectivity index (χ3v) is 6.62. The number of carboxylic acids is 1. The molecule has 7 nitrogen and oxygen atoms in total. The van der Waals surface area contributed by atoms with Gasteiger partial charge in [-0.2, -0.15) is 13.2 Å². The molecule has 0 spiro atoms.